The number of thiophene rings is 1. The normalized spacial score (nSPS) is 12.0. The van der Waals surface area contributed by atoms with Crippen LogP contribution in [0.1, 0.15) is 50.7 Å². The van der Waals surface area contributed by atoms with E-state index in [0.717, 1.165) is 36.7 Å². The second-order valence-electron chi connectivity index (χ2n) is 6.53. The first-order valence-electron chi connectivity index (χ1n) is 9.55. The molecule has 154 valence electrons. The van der Waals surface area contributed by atoms with E-state index in [1.165, 1.54) is 5.56 Å². The molecule has 28 heavy (non-hydrogen) atoms. The van der Waals surface area contributed by atoms with Gasteiger partial charge in [0.25, 0.3) is 0 Å². The summed E-state index contributed by atoms with van der Waals surface area (Å²) in [5.74, 6) is 1.28. The lowest BCUT2D eigenvalue weighted by Gasteiger charge is -2.15. The Balaban J connectivity index is 0.00000392. The molecule has 1 amide bonds. The van der Waals surface area contributed by atoms with Gasteiger partial charge >= 0.3 is 0 Å². The maximum atomic E-state index is 11.8. The molecule has 2 rings (SSSR count). The van der Waals surface area contributed by atoms with E-state index < -0.39 is 0 Å². The fourth-order valence-corrected chi connectivity index (χ4v) is 3.42. The first kappa shape index (κ1) is 24.4. The summed E-state index contributed by atoms with van der Waals surface area (Å²) < 4.78 is 0. The van der Waals surface area contributed by atoms with Crippen molar-refractivity contribution in [2.45, 2.75) is 46.1 Å². The highest BCUT2D eigenvalue weighted by Crippen LogP contribution is 2.17. The molecule has 0 aliphatic carbocycles. The largest absolute Gasteiger partial charge is 0.357 e. The Morgan fingerprint density at radius 1 is 1.21 bits per heavy atom. The average molecular weight is 514 g/mol. The van der Waals surface area contributed by atoms with Crippen molar-refractivity contribution in [1.29, 1.82) is 0 Å². The van der Waals surface area contributed by atoms with Crippen LogP contribution >= 0.6 is 35.3 Å². The SMILES string of the molecule is CCCC(=O)Nc1cccc(CN=C(NCC)NCC(C)c2ccsc2)c1.I. The highest BCUT2D eigenvalue weighted by molar-refractivity contribution is 14.0. The van der Waals surface area contributed by atoms with Crippen molar-refractivity contribution in [3.8, 4) is 0 Å². The highest BCUT2D eigenvalue weighted by atomic mass is 127. The fourth-order valence-electron chi connectivity index (χ4n) is 2.63. The lowest BCUT2D eigenvalue weighted by molar-refractivity contribution is -0.116. The first-order valence-corrected chi connectivity index (χ1v) is 10.5. The van der Waals surface area contributed by atoms with Crippen molar-refractivity contribution in [3.63, 3.8) is 0 Å². The molecule has 1 aromatic heterocycles. The van der Waals surface area contributed by atoms with E-state index in [4.69, 9.17) is 0 Å². The van der Waals surface area contributed by atoms with Gasteiger partial charge in [-0.1, -0.05) is 26.0 Å². The molecule has 7 heteroatoms. The smallest absolute Gasteiger partial charge is 0.224 e. The Hall–Kier alpha value is -1.61. The molecule has 2 aromatic rings. The third kappa shape index (κ3) is 8.60. The quantitative estimate of drug-likeness (QED) is 0.252. The number of carbonyl (C=O) groups is 1. The summed E-state index contributed by atoms with van der Waals surface area (Å²) in [7, 11) is 0. The van der Waals surface area contributed by atoms with Crippen LogP contribution < -0.4 is 16.0 Å². The number of benzene rings is 1. The van der Waals surface area contributed by atoms with Gasteiger partial charge in [0.15, 0.2) is 5.96 Å². The molecule has 1 unspecified atom stereocenters. The highest BCUT2D eigenvalue weighted by Gasteiger charge is 2.07. The molecule has 0 spiro atoms. The maximum Gasteiger partial charge on any atom is 0.224 e. The third-order valence-electron chi connectivity index (χ3n) is 4.14. The fraction of sp³-hybridized carbons (Fsp3) is 0.429. The summed E-state index contributed by atoms with van der Waals surface area (Å²) in [5.41, 5.74) is 3.23. The number of rotatable bonds is 9. The Kier molecular flexibility index (Phi) is 11.8. The molecule has 0 radical (unpaired) electrons. The molecular weight excluding hydrogens is 483 g/mol. The lowest BCUT2D eigenvalue weighted by Crippen LogP contribution is -2.39. The second-order valence-corrected chi connectivity index (χ2v) is 7.31. The molecule has 0 saturated heterocycles. The van der Waals surface area contributed by atoms with Crippen molar-refractivity contribution < 1.29 is 4.79 Å². The van der Waals surface area contributed by atoms with Gasteiger partial charge in [-0.05, 0) is 59.3 Å². The van der Waals surface area contributed by atoms with Crippen LogP contribution in [0.2, 0.25) is 0 Å². The number of guanidine groups is 1. The van der Waals surface area contributed by atoms with Crippen molar-refractivity contribution >= 4 is 52.9 Å². The number of hydrogen-bond donors (Lipinski definition) is 3. The topological polar surface area (TPSA) is 65.5 Å². The second kappa shape index (κ2) is 13.5. The van der Waals surface area contributed by atoms with Crippen LogP contribution in [0, 0.1) is 0 Å². The van der Waals surface area contributed by atoms with Crippen molar-refractivity contribution in [3.05, 3.63) is 52.2 Å². The van der Waals surface area contributed by atoms with E-state index in [0.29, 0.717) is 18.9 Å². The van der Waals surface area contributed by atoms with Crippen molar-refractivity contribution in [2.75, 3.05) is 18.4 Å². The Bertz CT molecular complexity index is 734. The van der Waals surface area contributed by atoms with Crippen LogP contribution in [0.4, 0.5) is 5.69 Å². The number of hydrogen-bond acceptors (Lipinski definition) is 3. The van der Waals surface area contributed by atoms with Gasteiger partial charge in [-0.3, -0.25) is 4.79 Å². The number of aliphatic imine (C=N–C) groups is 1. The predicted octanol–water partition coefficient (Wildman–Crippen LogP) is 4.96. The molecule has 1 heterocycles. The summed E-state index contributed by atoms with van der Waals surface area (Å²) >= 11 is 1.72. The van der Waals surface area contributed by atoms with Gasteiger partial charge in [0, 0.05) is 25.2 Å². The number of nitrogens with zero attached hydrogens (tertiary/aromatic N) is 1. The zero-order valence-electron chi connectivity index (χ0n) is 16.8. The summed E-state index contributed by atoms with van der Waals surface area (Å²) in [6.45, 7) is 8.46. The number of anilines is 1. The monoisotopic (exact) mass is 514 g/mol. The molecular formula is C21H31IN4OS. The number of carbonyl (C=O) groups excluding carboxylic acids is 1. The van der Waals surface area contributed by atoms with Gasteiger partial charge in [-0.15, -0.1) is 24.0 Å². The standard InChI is InChI=1S/C21H30N4OS.HI/c1-4-7-20(26)25-19-9-6-8-17(12-19)14-24-21(22-5-2)23-13-16(3)18-10-11-27-15-18;/h6,8-12,15-16H,4-5,7,13-14H2,1-3H3,(H,25,26)(H2,22,23,24);1H. The molecule has 0 bridgehead atoms. The first-order chi connectivity index (χ1) is 13.1. The van der Waals surface area contributed by atoms with Gasteiger partial charge in [0.05, 0.1) is 6.54 Å². The minimum absolute atomic E-state index is 0. The van der Waals surface area contributed by atoms with E-state index in [1.807, 2.05) is 31.2 Å². The summed E-state index contributed by atoms with van der Waals surface area (Å²) in [6, 6.07) is 10.0. The minimum Gasteiger partial charge on any atom is -0.357 e. The van der Waals surface area contributed by atoms with Crippen LogP contribution in [0.3, 0.4) is 0 Å². The van der Waals surface area contributed by atoms with Gasteiger partial charge in [0.1, 0.15) is 0 Å². The molecule has 0 saturated carbocycles. The molecule has 1 atom stereocenters. The van der Waals surface area contributed by atoms with Crippen LogP contribution in [0.25, 0.3) is 0 Å². The van der Waals surface area contributed by atoms with Crippen molar-refractivity contribution in [2.24, 2.45) is 4.99 Å². The van der Waals surface area contributed by atoms with Gasteiger partial charge in [0.2, 0.25) is 5.91 Å². The van der Waals surface area contributed by atoms with Crippen LogP contribution in [0.15, 0.2) is 46.1 Å². The van der Waals surface area contributed by atoms with E-state index in [-0.39, 0.29) is 29.9 Å². The van der Waals surface area contributed by atoms with Crippen molar-refractivity contribution in [1.82, 2.24) is 10.6 Å². The molecule has 1 aromatic carbocycles. The Morgan fingerprint density at radius 3 is 2.71 bits per heavy atom. The van der Waals surface area contributed by atoms with E-state index in [2.05, 4.69) is 51.6 Å². The minimum atomic E-state index is 0. The maximum absolute atomic E-state index is 11.8. The van der Waals surface area contributed by atoms with Crippen LogP contribution in [0.5, 0.6) is 0 Å². The Labute approximate surface area is 189 Å². The van der Waals surface area contributed by atoms with E-state index >= 15 is 0 Å². The summed E-state index contributed by atoms with van der Waals surface area (Å²) in [6.07, 6.45) is 1.39. The van der Waals surface area contributed by atoms with Gasteiger partial charge in [-0.2, -0.15) is 11.3 Å². The van der Waals surface area contributed by atoms with E-state index in [9.17, 15) is 4.79 Å². The molecule has 0 aliphatic heterocycles. The summed E-state index contributed by atoms with van der Waals surface area (Å²) in [4.78, 5) is 16.4. The zero-order valence-corrected chi connectivity index (χ0v) is 20.0. The third-order valence-corrected chi connectivity index (χ3v) is 4.84. The zero-order chi connectivity index (χ0) is 19.5. The van der Waals surface area contributed by atoms with E-state index in [1.54, 1.807) is 11.3 Å². The molecule has 0 fully saturated rings. The van der Waals surface area contributed by atoms with Gasteiger partial charge in [-0.25, -0.2) is 4.99 Å². The van der Waals surface area contributed by atoms with Gasteiger partial charge < -0.3 is 16.0 Å². The number of amides is 1. The lowest BCUT2D eigenvalue weighted by atomic mass is 10.1. The molecule has 0 aliphatic rings. The molecule has 3 N–H and O–H groups in total. The average Bonchev–Trinajstić information content (AvgIpc) is 3.19. The number of halogens is 1. The Morgan fingerprint density at radius 2 is 2.04 bits per heavy atom. The van der Waals surface area contributed by atoms with Crippen LogP contribution in [-0.4, -0.2) is 25.0 Å². The molecule has 5 nitrogen and oxygen atoms in total. The summed E-state index contributed by atoms with van der Waals surface area (Å²) in [5, 5.41) is 13.9. The predicted molar refractivity (Wildman–Crippen MR) is 131 cm³/mol. The van der Waals surface area contributed by atoms with Crippen LogP contribution in [-0.2, 0) is 11.3 Å². The number of nitrogens with one attached hydrogen (secondary N) is 3.